The molecule has 6 nitrogen and oxygen atoms in total. The summed E-state index contributed by atoms with van der Waals surface area (Å²) in [5, 5.41) is 3.92. The van der Waals surface area contributed by atoms with Crippen LogP contribution in [0.15, 0.2) is 47.1 Å². The maximum atomic E-state index is 5.27. The molecule has 0 aliphatic heterocycles. The van der Waals surface area contributed by atoms with Gasteiger partial charge in [0.05, 0.1) is 14.2 Å². The molecule has 0 amide bonds. The van der Waals surface area contributed by atoms with Crippen molar-refractivity contribution in [2.24, 2.45) is 0 Å². The van der Waals surface area contributed by atoms with Crippen LogP contribution >= 0.6 is 0 Å². The molecule has 3 aromatic rings. The van der Waals surface area contributed by atoms with E-state index in [1.165, 1.54) is 0 Å². The summed E-state index contributed by atoms with van der Waals surface area (Å²) in [6.45, 7) is 0. The van der Waals surface area contributed by atoms with Gasteiger partial charge in [0.2, 0.25) is 5.82 Å². The number of methoxy groups -OCH3 is 2. The molecule has 1 aromatic carbocycles. The Kier molecular flexibility index (Phi) is 4.33. The van der Waals surface area contributed by atoms with Gasteiger partial charge in [0.15, 0.2) is 11.5 Å². The lowest BCUT2D eigenvalue weighted by atomic mass is 10.2. The van der Waals surface area contributed by atoms with Gasteiger partial charge in [0.1, 0.15) is 5.69 Å². The van der Waals surface area contributed by atoms with Crippen LogP contribution < -0.4 is 9.47 Å². The second-order valence-corrected chi connectivity index (χ2v) is 4.62. The van der Waals surface area contributed by atoms with E-state index >= 15 is 0 Å². The van der Waals surface area contributed by atoms with Crippen molar-refractivity contribution in [3.05, 3.63) is 54.0 Å². The van der Waals surface area contributed by atoms with Crippen LogP contribution in [0, 0.1) is 0 Å². The summed E-state index contributed by atoms with van der Waals surface area (Å²) >= 11 is 0. The molecule has 0 saturated carbocycles. The molecule has 0 bridgehead atoms. The molecule has 2 aromatic heterocycles. The number of benzene rings is 1. The number of rotatable bonds is 5. The van der Waals surface area contributed by atoms with Crippen LogP contribution in [0.1, 0.15) is 11.5 Å². The number of ether oxygens (including phenoxy) is 2. The van der Waals surface area contributed by atoms with Gasteiger partial charge in [-0.15, -0.1) is 0 Å². The van der Waals surface area contributed by atoms with Crippen LogP contribution in [0.25, 0.3) is 23.7 Å². The van der Waals surface area contributed by atoms with E-state index in [-0.39, 0.29) is 0 Å². The fourth-order valence-corrected chi connectivity index (χ4v) is 2.03. The van der Waals surface area contributed by atoms with Gasteiger partial charge in [0, 0.05) is 12.3 Å². The Hall–Kier alpha value is -3.15. The van der Waals surface area contributed by atoms with Gasteiger partial charge in [-0.25, -0.2) is 0 Å². The number of nitrogens with zero attached hydrogens (tertiary/aromatic N) is 3. The molecule has 0 aliphatic rings. The fourth-order valence-electron chi connectivity index (χ4n) is 2.03. The van der Waals surface area contributed by atoms with E-state index < -0.39 is 0 Å². The highest BCUT2D eigenvalue weighted by Gasteiger charge is 2.07. The quantitative estimate of drug-likeness (QED) is 0.720. The third-order valence-corrected chi connectivity index (χ3v) is 3.16. The summed E-state index contributed by atoms with van der Waals surface area (Å²) in [7, 11) is 3.20. The molecule has 0 unspecified atom stereocenters. The van der Waals surface area contributed by atoms with Crippen molar-refractivity contribution < 1.29 is 14.0 Å². The average molecular weight is 309 g/mol. The third kappa shape index (κ3) is 3.37. The van der Waals surface area contributed by atoms with E-state index in [4.69, 9.17) is 14.0 Å². The monoisotopic (exact) mass is 309 g/mol. The molecule has 0 radical (unpaired) electrons. The molecule has 3 rings (SSSR count). The molecule has 6 heteroatoms. The predicted octanol–water partition coefficient (Wildman–Crippen LogP) is 3.32. The lowest BCUT2D eigenvalue weighted by Gasteiger charge is -2.07. The first-order chi connectivity index (χ1) is 11.3. The Labute approximate surface area is 133 Å². The van der Waals surface area contributed by atoms with E-state index in [0.717, 1.165) is 5.56 Å². The summed E-state index contributed by atoms with van der Waals surface area (Å²) in [6, 6.07) is 11.1. The Morgan fingerprint density at radius 1 is 1.00 bits per heavy atom. The van der Waals surface area contributed by atoms with Crippen LogP contribution in [0.5, 0.6) is 11.5 Å². The molecular formula is C17H15N3O3. The summed E-state index contributed by atoms with van der Waals surface area (Å²) in [5.74, 6) is 2.20. The third-order valence-electron chi connectivity index (χ3n) is 3.16. The van der Waals surface area contributed by atoms with Crippen LogP contribution in [0.3, 0.4) is 0 Å². The second-order valence-electron chi connectivity index (χ2n) is 4.62. The van der Waals surface area contributed by atoms with Gasteiger partial charge >= 0.3 is 0 Å². The summed E-state index contributed by atoms with van der Waals surface area (Å²) in [5.41, 5.74) is 1.60. The lowest BCUT2D eigenvalue weighted by Crippen LogP contribution is -1.90. The van der Waals surface area contributed by atoms with Crippen LogP contribution in [-0.2, 0) is 0 Å². The minimum absolute atomic E-state index is 0.403. The van der Waals surface area contributed by atoms with Gasteiger partial charge < -0.3 is 14.0 Å². The van der Waals surface area contributed by atoms with Gasteiger partial charge in [-0.3, -0.25) is 4.98 Å². The van der Waals surface area contributed by atoms with Gasteiger partial charge in [-0.1, -0.05) is 17.3 Å². The Morgan fingerprint density at radius 2 is 1.87 bits per heavy atom. The van der Waals surface area contributed by atoms with Crippen LogP contribution in [0.2, 0.25) is 0 Å². The zero-order chi connectivity index (χ0) is 16.1. The molecule has 0 N–H and O–H groups in total. The fraction of sp³-hybridized carbons (Fsp3) is 0.118. The molecule has 0 fully saturated rings. The maximum absolute atomic E-state index is 5.27. The minimum atomic E-state index is 0.403. The number of hydrogen-bond acceptors (Lipinski definition) is 6. The van der Waals surface area contributed by atoms with Crippen LogP contribution in [-0.4, -0.2) is 29.3 Å². The molecule has 0 saturated heterocycles. The van der Waals surface area contributed by atoms with Gasteiger partial charge in [-0.2, -0.15) is 4.98 Å². The number of aromatic nitrogens is 3. The highest BCUT2D eigenvalue weighted by atomic mass is 16.5. The first kappa shape index (κ1) is 14.8. The lowest BCUT2D eigenvalue weighted by molar-refractivity contribution is 0.355. The molecule has 116 valence electrons. The zero-order valence-electron chi connectivity index (χ0n) is 12.8. The highest BCUT2D eigenvalue weighted by Crippen LogP contribution is 2.28. The van der Waals surface area contributed by atoms with Crippen molar-refractivity contribution in [1.82, 2.24) is 15.1 Å². The predicted molar refractivity (Wildman–Crippen MR) is 86.0 cm³/mol. The Morgan fingerprint density at radius 3 is 2.61 bits per heavy atom. The van der Waals surface area contributed by atoms with E-state index in [0.29, 0.717) is 28.9 Å². The van der Waals surface area contributed by atoms with E-state index in [1.807, 2.05) is 42.5 Å². The second kappa shape index (κ2) is 6.74. The van der Waals surface area contributed by atoms with Crippen LogP contribution in [0.4, 0.5) is 0 Å². The standard InChI is InChI=1S/C17H15N3O3/c1-21-14-8-6-12(11-15(14)22-2)7-9-16-19-17(20-23-16)13-5-3-4-10-18-13/h3-11H,1-2H3. The first-order valence-corrected chi connectivity index (χ1v) is 6.95. The number of hydrogen-bond donors (Lipinski definition) is 0. The largest absolute Gasteiger partial charge is 0.493 e. The minimum Gasteiger partial charge on any atom is -0.493 e. The van der Waals surface area contributed by atoms with Crippen molar-refractivity contribution in [2.75, 3.05) is 14.2 Å². The zero-order valence-corrected chi connectivity index (χ0v) is 12.8. The van der Waals surface area contributed by atoms with E-state index in [2.05, 4.69) is 15.1 Å². The average Bonchev–Trinajstić information content (AvgIpc) is 3.09. The molecular weight excluding hydrogens is 294 g/mol. The van der Waals surface area contributed by atoms with Crippen molar-refractivity contribution in [1.29, 1.82) is 0 Å². The smallest absolute Gasteiger partial charge is 0.251 e. The normalized spacial score (nSPS) is 10.9. The Bertz CT molecular complexity index is 813. The number of pyridine rings is 1. The van der Waals surface area contributed by atoms with Crippen molar-refractivity contribution in [3.63, 3.8) is 0 Å². The Balaban J connectivity index is 1.80. The van der Waals surface area contributed by atoms with Gasteiger partial charge in [0.25, 0.3) is 5.89 Å². The molecule has 2 heterocycles. The van der Waals surface area contributed by atoms with Crippen molar-refractivity contribution in [2.45, 2.75) is 0 Å². The molecule has 0 atom stereocenters. The van der Waals surface area contributed by atoms with Crippen molar-refractivity contribution in [3.8, 4) is 23.0 Å². The van der Waals surface area contributed by atoms with Crippen molar-refractivity contribution >= 4 is 12.2 Å². The summed E-state index contributed by atoms with van der Waals surface area (Å²) < 4.78 is 15.7. The molecule has 0 aliphatic carbocycles. The molecule has 23 heavy (non-hydrogen) atoms. The summed E-state index contributed by atoms with van der Waals surface area (Å²) in [4.78, 5) is 8.47. The highest BCUT2D eigenvalue weighted by molar-refractivity contribution is 5.68. The summed E-state index contributed by atoms with van der Waals surface area (Å²) in [6.07, 6.45) is 5.28. The maximum Gasteiger partial charge on any atom is 0.251 e. The van der Waals surface area contributed by atoms with E-state index in [1.54, 1.807) is 26.5 Å². The first-order valence-electron chi connectivity index (χ1n) is 6.95. The van der Waals surface area contributed by atoms with E-state index in [9.17, 15) is 0 Å². The topological polar surface area (TPSA) is 70.3 Å². The molecule has 0 spiro atoms. The van der Waals surface area contributed by atoms with Gasteiger partial charge in [-0.05, 0) is 35.9 Å². The SMILES string of the molecule is COc1ccc(C=Cc2nc(-c3ccccn3)no2)cc1OC.